The van der Waals surface area contributed by atoms with Crippen LogP contribution in [0.25, 0.3) is 0 Å². The zero-order valence-electron chi connectivity index (χ0n) is 11.5. The van der Waals surface area contributed by atoms with Crippen molar-refractivity contribution in [1.29, 1.82) is 0 Å². The molecular weight excluding hydrogens is 244 g/mol. The first-order valence-electron chi connectivity index (χ1n) is 7.12. The number of halogens is 1. The molecule has 1 heterocycles. The van der Waals surface area contributed by atoms with Crippen molar-refractivity contribution in [3.05, 3.63) is 34.9 Å². The smallest absolute Gasteiger partial charge is 0.127 e. The van der Waals surface area contributed by atoms with Crippen molar-refractivity contribution < 1.29 is 9.80 Å². The fraction of sp³-hybridized carbons (Fsp3) is 0.600. The number of benzene rings is 1. The minimum Gasteiger partial charge on any atom is -0.323 e. The van der Waals surface area contributed by atoms with Gasteiger partial charge in [0.05, 0.1) is 6.04 Å². The Balaban J connectivity index is 1.86. The average Bonchev–Trinajstić information content (AvgIpc) is 2.41. The van der Waals surface area contributed by atoms with E-state index in [1.54, 1.807) is 9.80 Å². The number of piperazine rings is 1. The molecule has 0 radical (unpaired) electrons. The third kappa shape index (κ3) is 3.47. The van der Waals surface area contributed by atoms with Crippen molar-refractivity contribution in [2.24, 2.45) is 0 Å². The summed E-state index contributed by atoms with van der Waals surface area (Å²) in [7, 11) is 0. The van der Waals surface area contributed by atoms with E-state index in [-0.39, 0.29) is 0 Å². The molecule has 2 N–H and O–H groups in total. The summed E-state index contributed by atoms with van der Waals surface area (Å²) in [6.45, 7) is 10.9. The lowest BCUT2D eigenvalue weighted by Gasteiger charge is -2.33. The van der Waals surface area contributed by atoms with E-state index in [9.17, 15) is 0 Å². The summed E-state index contributed by atoms with van der Waals surface area (Å²) in [5.74, 6) is 0. The molecule has 1 aliphatic rings. The van der Waals surface area contributed by atoms with Gasteiger partial charge >= 0.3 is 0 Å². The van der Waals surface area contributed by atoms with Crippen LogP contribution in [-0.2, 0) is 6.54 Å². The van der Waals surface area contributed by atoms with Crippen molar-refractivity contribution in [2.45, 2.75) is 32.9 Å². The Hall–Kier alpha value is -0.570. The van der Waals surface area contributed by atoms with Gasteiger partial charge in [-0.25, -0.2) is 0 Å². The van der Waals surface area contributed by atoms with Crippen molar-refractivity contribution in [3.8, 4) is 0 Å². The van der Waals surface area contributed by atoms with Crippen LogP contribution < -0.4 is 9.80 Å². The van der Waals surface area contributed by atoms with Crippen LogP contribution in [0.2, 0.25) is 5.02 Å². The molecule has 1 aromatic rings. The second kappa shape index (κ2) is 6.55. The largest absolute Gasteiger partial charge is 0.323 e. The molecule has 0 amide bonds. The molecule has 0 bridgehead atoms. The maximum Gasteiger partial charge on any atom is 0.127 e. The van der Waals surface area contributed by atoms with Gasteiger partial charge in [-0.3, -0.25) is 0 Å². The molecule has 2 rings (SSSR count). The summed E-state index contributed by atoms with van der Waals surface area (Å²) < 4.78 is 0. The first kappa shape index (κ1) is 13.9. The summed E-state index contributed by atoms with van der Waals surface area (Å²) in [6.07, 6.45) is 1.29. The SMILES string of the molecule is CCC(C)[NH+]1CC[NH+](Cc2ccccc2Cl)CC1. The second-order valence-electron chi connectivity index (χ2n) is 5.49. The zero-order chi connectivity index (χ0) is 13.0. The predicted octanol–water partition coefficient (Wildman–Crippen LogP) is 0.422. The zero-order valence-corrected chi connectivity index (χ0v) is 12.3. The molecule has 0 saturated carbocycles. The first-order valence-corrected chi connectivity index (χ1v) is 7.50. The Labute approximate surface area is 116 Å². The Morgan fingerprint density at radius 1 is 1.17 bits per heavy atom. The molecule has 1 saturated heterocycles. The van der Waals surface area contributed by atoms with Gasteiger partial charge in [-0.15, -0.1) is 0 Å². The molecule has 1 aliphatic heterocycles. The summed E-state index contributed by atoms with van der Waals surface area (Å²) >= 11 is 6.23. The second-order valence-corrected chi connectivity index (χ2v) is 5.89. The number of hydrogen-bond acceptors (Lipinski definition) is 0. The number of nitrogens with one attached hydrogen (secondary N) is 2. The van der Waals surface area contributed by atoms with Crippen molar-refractivity contribution >= 4 is 11.6 Å². The Kier molecular flexibility index (Phi) is 5.04. The van der Waals surface area contributed by atoms with Crippen molar-refractivity contribution in [3.63, 3.8) is 0 Å². The van der Waals surface area contributed by atoms with Gasteiger partial charge in [-0.1, -0.05) is 36.7 Å². The average molecular weight is 269 g/mol. The normalized spacial score (nSPS) is 25.9. The quantitative estimate of drug-likeness (QED) is 0.784. The van der Waals surface area contributed by atoms with Gasteiger partial charge in [0.15, 0.2) is 0 Å². The van der Waals surface area contributed by atoms with E-state index >= 15 is 0 Å². The molecular formula is C15H25ClN2+2. The van der Waals surface area contributed by atoms with Crippen molar-refractivity contribution in [1.82, 2.24) is 0 Å². The summed E-state index contributed by atoms with van der Waals surface area (Å²) in [5.41, 5.74) is 1.29. The van der Waals surface area contributed by atoms with Gasteiger partial charge in [0.25, 0.3) is 0 Å². The van der Waals surface area contributed by atoms with Crippen LogP contribution in [0.4, 0.5) is 0 Å². The van der Waals surface area contributed by atoms with E-state index in [0.717, 1.165) is 17.6 Å². The van der Waals surface area contributed by atoms with E-state index in [4.69, 9.17) is 11.6 Å². The van der Waals surface area contributed by atoms with Crippen LogP contribution in [0.15, 0.2) is 24.3 Å². The molecule has 1 fully saturated rings. The third-order valence-corrected chi connectivity index (χ3v) is 4.68. The predicted molar refractivity (Wildman–Crippen MR) is 76.3 cm³/mol. The van der Waals surface area contributed by atoms with E-state index in [1.807, 2.05) is 12.1 Å². The molecule has 0 spiro atoms. The fourth-order valence-corrected chi connectivity index (χ4v) is 3.00. The third-order valence-electron chi connectivity index (χ3n) is 4.31. The Morgan fingerprint density at radius 3 is 2.44 bits per heavy atom. The first-order chi connectivity index (χ1) is 8.70. The van der Waals surface area contributed by atoms with E-state index in [0.29, 0.717) is 0 Å². The molecule has 1 aromatic carbocycles. The summed E-state index contributed by atoms with van der Waals surface area (Å²) in [6, 6.07) is 9.06. The summed E-state index contributed by atoms with van der Waals surface area (Å²) in [5, 5.41) is 0.918. The van der Waals surface area contributed by atoms with Crippen LogP contribution in [-0.4, -0.2) is 32.2 Å². The van der Waals surface area contributed by atoms with Gasteiger partial charge in [-0.2, -0.15) is 0 Å². The Morgan fingerprint density at radius 2 is 1.83 bits per heavy atom. The van der Waals surface area contributed by atoms with Crippen LogP contribution >= 0.6 is 11.6 Å². The highest BCUT2D eigenvalue weighted by molar-refractivity contribution is 6.31. The highest BCUT2D eigenvalue weighted by atomic mass is 35.5. The number of rotatable bonds is 4. The topological polar surface area (TPSA) is 8.88 Å². The van der Waals surface area contributed by atoms with Crippen LogP contribution in [0.3, 0.4) is 0 Å². The fourth-order valence-electron chi connectivity index (χ4n) is 2.79. The monoisotopic (exact) mass is 268 g/mol. The van der Waals surface area contributed by atoms with Crippen LogP contribution in [0.5, 0.6) is 0 Å². The minimum absolute atomic E-state index is 0.812. The lowest BCUT2D eigenvalue weighted by atomic mass is 10.1. The number of quaternary nitrogens is 2. The van der Waals surface area contributed by atoms with E-state index in [1.165, 1.54) is 38.2 Å². The Bertz CT molecular complexity index is 373. The lowest BCUT2D eigenvalue weighted by Crippen LogP contribution is -3.29. The van der Waals surface area contributed by atoms with Gasteiger partial charge in [0.2, 0.25) is 0 Å². The molecule has 1 atom stereocenters. The highest BCUT2D eigenvalue weighted by Gasteiger charge is 2.26. The van der Waals surface area contributed by atoms with Crippen LogP contribution in [0.1, 0.15) is 25.8 Å². The van der Waals surface area contributed by atoms with Gasteiger partial charge < -0.3 is 9.80 Å². The molecule has 100 valence electrons. The minimum atomic E-state index is 0.812. The maximum atomic E-state index is 6.23. The molecule has 1 unspecified atom stereocenters. The van der Waals surface area contributed by atoms with E-state index < -0.39 is 0 Å². The molecule has 0 aliphatic carbocycles. The molecule has 18 heavy (non-hydrogen) atoms. The maximum absolute atomic E-state index is 6.23. The van der Waals surface area contributed by atoms with Crippen molar-refractivity contribution in [2.75, 3.05) is 26.2 Å². The van der Waals surface area contributed by atoms with Gasteiger partial charge in [-0.05, 0) is 19.4 Å². The van der Waals surface area contributed by atoms with Gasteiger partial charge in [0.1, 0.15) is 32.7 Å². The molecule has 2 nitrogen and oxygen atoms in total. The molecule has 3 heteroatoms. The summed E-state index contributed by atoms with van der Waals surface area (Å²) in [4.78, 5) is 3.45. The highest BCUT2D eigenvalue weighted by Crippen LogP contribution is 2.13. The molecule has 0 aromatic heterocycles. The van der Waals surface area contributed by atoms with E-state index in [2.05, 4.69) is 26.0 Å². The lowest BCUT2D eigenvalue weighted by molar-refractivity contribution is -1.03. The van der Waals surface area contributed by atoms with Gasteiger partial charge in [0, 0.05) is 10.6 Å². The van der Waals surface area contributed by atoms with Crippen LogP contribution in [0, 0.1) is 0 Å². The number of hydrogen-bond donors (Lipinski definition) is 2. The standard InChI is InChI=1S/C15H23ClN2/c1-3-13(2)18-10-8-17(9-11-18)12-14-6-4-5-7-15(14)16/h4-7,13H,3,8-12H2,1-2H3/p+2.